The summed E-state index contributed by atoms with van der Waals surface area (Å²) in [7, 11) is 0. The molecule has 0 N–H and O–H groups in total. The minimum Gasteiger partial charge on any atom is -0.465 e. The predicted molar refractivity (Wildman–Crippen MR) is 46.4 cm³/mol. The monoisotopic (exact) mass is 146 g/mol. The number of allylic oxidation sites excluding steroid dienone is 2. The van der Waals surface area contributed by atoms with Crippen LogP contribution in [0.4, 0.5) is 0 Å². The van der Waals surface area contributed by atoms with Crippen molar-refractivity contribution >= 4 is 0 Å². The van der Waals surface area contributed by atoms with Gasteiger partial charge in [0.2, 0.25) is 0 Å². The van der Waals surface area contributed by atoms with Crippen molar-refractivity contribution < 1.29 is 4.74 Å². The summed E-state index contributed by atoms with van der Waals surface area (Å²) in [5.74, 6) is 0.839. The summed E-state index contributed by atoms with van der Waals surface area (Å²) in [4.78, 5) is 0. The minimum atomic E-state index is 0.839. The first-order valence-electron chi connectivity index (χ1n) is 3.43. The lowest BCUT2D eigenvalue weighted by Crippen LogP contribution is -1.78. The Morgan fingerprint density at radius 2 is 1.91 bits per heavy atom. The van der Waals surface area contributed by atoms with Gasteiger partial charge in [0.1, 0.15) is 5.75 Å². The second kappa shape index (κ2) is 4.34. The van der Waals surface area contributed by atoms with Gasteiger partial charge >= 0.3 is 0 Å². The van der Waals surface area contributed by atoms with E-state index in [1.807, 2.05) is 30.3 Å². The highest BCUT2D eigenvalue weighted by atomic mass is 16.5. The molecule has 0 atom stereocenters. The minimum absolute atomic E-state index is 0.839. The summed E-state index contributed by atoms with van der Waals surface area (Å²) in [6.45, 7) is 3.53. The molecule has 0 aliphatic carbocycles. The van der Waals surface area contributed by atoms with Crippen molar-refractivity contribution in [3.63, 3.8) is 0 Å². The lowest BCUT2D eigenvalue weighted by molar-refractivity contribution is 0.481. The Morgan fingerprint density at radius 3 is 2.55 bits per heavy atom. The van der Waals surface area contributed by atoms with Crippen LogP contribution in [0.3, 0.4) is 0 Å². The molecule has 0 amide bonds. The SMILES string of the molecule is C=C/C=C/Oc1ccccc1. The van der Waals surface area contributed by atoms with Crippen molar-refractivity contribution in [2.24, 2.45) is 0 Å². The largest absolute Gasteiger partial charge is 0.465 e. The maximum atomic E-state index is 5.19. The molecule has 56 valence electrons. The van der Waals surface area contributed by atoms with E-state index in [2.05, 4.69) is 6.58 Å². The third-order valence-corrected chi connectivity index (χ3v) is 1.16. The van der Waals surface area contributed by atoms with Crippen LogP contribution in [0.15, 0.2) is 55.3 Å². The molecule has 0 spiro atoms. The Labute approximate surface area is 66.6 Å². The molecular weight excluding hydrogens is 136 g/mol. The molecule has 1 aromatic carbocycles. The highest BCUT2D eigenvalue weighted by Crippen LogP contribution is 2.07. The Morgan fingerprint density at radius 1 is 1.18 bits per heavy atom. The number of hydrogen-bond acceptors (Lipinski definition) is 1. The Balaban J connectivity index is 2.51. The summed E-state index contributed by atoms with van der Waals surface area (Å²) in [5, 5.41) is 0. The number of benzene rings is 1. The highest BCUT2D eigenvalue weighted by molar-refractivity contribution is 5.22. The molecule has 0 bridgehead atoms. The van der Waals surface area contributed by atoms with Gasteiger partial charge in [0.15, 0.2) is 0 Å². The predicted octanol–water partition coefficient (Wildman–Crippen LogP) is 2.77. The zero-order chi connectivity index (χ0) is 7.94. The average Bonchev–Trinajstić information content (AvgIpc) is 2.07. The van der Waals surface area contributed by atoms with E-state index in [9.17, 15) is 0 Å². The molecule has 0 saturated carbocycles. The lowest BCUT2D eigenvalue weighted by Gasteiger charge is -1.96. The van der Waals surface area contributed by atoms with Crippen LogP contribution in [0.5, 0.6) is 5.75 Å². The third kappa shape index (κ3) is 2.72. The van der Waals surface area contributed by atoms with Gasteiger partial charge in [-0.2, -0.15) is 0 Å². The molecule has 0 unspecified atom stereocenters. The van der Waals surface area contributed by atoms with Crippen molar-refractivity contribution in [2.45, 2.75) is 0 Å². The highest BCUT2D eigenvalue weighted by Gasteiger charge is 1.83. The van der Waals surface area contributed by atoms with Gasteiger partial charge in [0, 0.05) is 0 Å². The molecule has 1 heteroatoms. The summed E-state index contributed by atoms with van der Waals surface area (Å²) in [6.07, 6.45) is 5.01. The van der Waals surface area contributed by atoms with Crippen molar-refractivity contribution in [3.8, 4) is 5.75 Å². The van der Waals surface area contributed by atoms with Gasteiger partial charge in [-0.05, 0) is 18.2 Å². The fourth-order valence-corrected chi connectivity index (χ4v) is 0.672. The van der Waals surface area contributed by atoms with E-state index < -0.39 is 0 Å². The molecule has 1 nitrogen and oxygen atoms in total. The maximum absolute atomic E-state index is 5.19. The van der Waals surface area contributed by atoms with E-state index in [1.165, 1.54) is 0 Å². The summed E-state index contributed by atoms with van der Waals surface area (Å²) in [6, 6.07) is 9.60. The van der Waals surface area contributed by atoms with Crippen LogP contribution < -0.4 is 4.74 Å². The van der Waals surface area contributed by atoms with Gasteiger partial charge < -0.3 is 4.74 Å². The van der Waals surface area contributed by atoms with E-state index in [0.717, 1.165) is 5.75 Å². The zero-order valence-corrected chi connectivity index (χ0v) is 6.23. The van der Waals surface area contributed by atoms with E-state index in [-0.39, 0.29) is 0 Å². The Kier molecular flexibility index (Phi) is 3.00. The van der Waals surface area contributed by atoms with E-state index in [1.54, 1.807) is 18.4 Å². The lowest BCUT2D eigenvalue weighted by atomic mass is 10.3. The fourth-order valence-electron chi connectivity index (χ4n) is 0.672. The molecule has 1 aromatic rings. The second-order valence-corrected chi connectivity index (χ2v) is 2.00. The van der Waals surface area contributed by atoms with Crippen LogP contribution in [-0.2, 0) is 0 Å². The number of para-hydroxylation sites is 1. The average molecular weight is 146 g/mol. The van der Waals surface area contributed by atoms with Crippen LogP contribution in [0.2, 0.25) is 0 Å². The van der Waals surface area contributed by atoms with Gasteiger partial charge in [-0.15, -0.1) is 0 Å². The smallest absolute Gasteiger partial charge is 0.126 e. The molecule has 0 aliphatic heterocycles. The quantitative estimate of drug-likeness (QED) is 0.470. The van der Waals surface area contributed by atoms with Gasteiger partial charge in [-0.3, -0.25) is 0 Å². The zero-order valence-electron chi connectivity index (χ0n) is 6.23. The summed E-state index contributed by atoms with van der Waals surface area (Å²) in [5.41, 5.74) is 0. The molecule has 0 aliphatic rings. The van der Waals surface area contributed by atoms with Gasteiger partial charge in [0.05, 0.1) is 6.26 Å². The summed E-state index contributed by atoms with van der Waals surface area (Å²) >= 11 is 0. The number of rotatable bonds is 3. The summed E-state index contributed by atoms with van der Waals surface area (Å²) < 4.78 is 5.19. The first kappa shape index (κ1) is 7.61. The Hall–Kier alpha value is -1.50. The molecule has 11 heavy (non-hydrogen) atoms. The van der Waals surface area contributed by atoms with E-state index in [0.29, 0.717) is 0 Å². The van der Waals surface area contributed by atoms with Gasteiger partial charge in [0.25, 0.3) is 0 Å². The number of ether oxygens (including phenoxy) is 1. The molecule has 0 radical (unpaired) electrons. The third-order valence-electron chi connectivity index (χ3n) is 1.16. The van der Waals surface area contributed by atoms with Crippen molar-refractivity contribution in [2.75, 3.05) is 0 Å². The molecule has 0 heterocycles. The topological polar surface area (TPSA) is 9.23 Å². The maximum Gasteiger partial charge on any atom is 0.126 e. The van der Waals surface area contributed by atoms with Crippen molar-refractivity contribution in [3.05, 3.63) is 55.3 Å². The van der Waals surface area contributed by atoms with Crippen LogP contribution in [0.25, 0.3) is 0 Å². The van der Waals surface area contributed by atoms with Crippen LogP contribution >= 0.6 is 0 Å². The van der Waals surface area contributed by atoms with E-state index in [4.69, 9.17) is 4.74 Å². The molecule has 1 rings (SSSR count). The number of hydrogen-bond donors (Lipinski definition) is 0. The first-order valence-corrected chi connectivity index (χ1v) is 3.43. The van der Waals surface area contributed by atoms with E-state index >= 15 is 0 Å². The Bertz CT molecular complexity index is 236. The normalized spacial score (nSPS) is 9.82. The fraction of sp³-hybridized carbons (Fsp3) is 0. The molecular formula is C10H10O. The first-order chi connectivity index (χ1) is 5.43. The van der Waals surface area contributed by atoms with Crippen molar-refractivity contribution in [1.82, 2.24) is 0 Å². The van der Waals surface area contributed by atoms with Crippen LogP contribution in [0.1, 0.15) is 0 Å². The van der Waals surface area contributed by atoms with Crippen LogP contribution in [0, 0.1) is 0 Å². The molecule has 0 fully saturated rings. The molecule has 0 saturated heterocycles. The van der Waals surface area contributed by atoms with Crippen LogP contribution in [-0.4, -0.2) is 0 Å². The van der Waals surface area contributed by atoms with Gasteiger partial charge in [-0.25, -0.2) is 0 Å². The molecule has 0 aromatic heterocycles. The van der Waals surface area contributed by atoms with Crippen molar-refractivity contribution in [1.29, 1.82) is 0 Å². The second-order valence-electron chi connectivity index (χ2n) is 2.00. The van der Waals surface area contributed by atoms with Gasteiger partial charge in [-0.1, -0.05) is 30.9 Å². The standard InChI is InChI=1S/C10H10O/c1-2-3-9-11-10-7-5-4-6-8-10/h2-9H,1H2/b9-3+.